The van der Waals surface area contributed by atoms with Gasteiger partial charge in [0.2, 0.25) is 5.91 Å². The topological polar surface area (TPSA) is 49.3 Å². The molecule has 0 aliphatic heterocycles. The summed E-state index contributed by atoms with van der Waals surface area (Å²) in [5, 5.41) is 12.8. The highest BCUT2D eigenvalue weighted by molar-refractivity contribution is 5.83. The van der Waals surface area contributed by atoms with Gasteiger partial charge in [-0.1, -0.05) is 33.6 Å². The van der Waals surface area contributed by atoms with E-state index in [0.29, 0.717) is 6.42 Å². The van der Waals surface area contributed by atoms with E-state index < -0.39 is 0 Å². The van der Waals surface area contributed by atoms with Crippen molar-refractivity contribution < 1.29 is 9.90 Å². The fraction of sp³-hybridized carbons (Fsp3) is 0.923. The quantitative estimate of drug-likeness (QED) is 0.753. The Morgan fingerprint density at radius 2 is 1.81 bits per heavy atom. The Balaban J connectivity index is 1.94. The second kappa shape index (κ2) is 3.73. The van der Waals surface area contributed by atoms with E-state index in [1.807, 2.05) is 13.8 Å². The number of nitrogens with one attached hydrogen (secondary N) is 1. The van der Waals surface area contributed by atoms with Crippen LogP contribution in [0.5, 0.6) is 0 Å². The minimum Gasteiger partial charge on any atom is -0.392 e. The van der Waals surface area contributed by atoms with Crippen molar-refractivity contribution in [3.05, 3.63) is 0 Å². The summed E-state index contributed by atoms with van der Waals surface area (Å²) in [5.41, 5.74) is -0.318. The lowest BCUT2D eigenvalue weighted by Gasteiger charge is -2.50. The van der Waals surface area contributed by atoms with Gasteiger partial charge in [0.1, 0.15) is 0 Å². The van der Waals surface area contributed by atoms with Gasteiger partial charge in [-0.2, -0.15) is 0 Å². The minimum atomic E-state index is -0.269. The van der Waals surface area contributed by atoms with Crippen molar-refractivity contribution in [2.24, 2.45) is 10.8 Å². The molecule has 2 fully saturated rings. The molecule has 0 aromatic heterocycles. The standard InChI is InChI=1S/C13H23NO2/c1-12(2)9(8-10(12)15)14-11(16)13(3)6-4-5-7-13/h9-10,15H,4-8H2,1-3H3,(H,14,16). The second-order valence-electron chi connectivity index (χ2n) is 6.37. The summed E-state index contributed by atoms with van der Waals surface area (Å²) in [6.07, 6.45) is 4.79. The summed E-state index contributed by atoms with van der Waals surface area (Å²) in [4.78, 5) is 12.2. The molecule has 0 radical (unpaired) electrons. The van der Waals surface area contributed by atoms with Gasteiger partial charge in [0.05, 0.1) is 6.10 Å². The fourth-order valence-corrected chi connectivity index (χ4v) is 2.86. The number of aliphatic hydroxyl groups excluding tert-OH is 1. The first-order valence-corrected chi connectivity index (χ1v) is 6.35. The molecule has 3 heteroatoms. The van der Waals surface area contributed by atoms with Crippen LogP contribution in [0.4, 0.5) is 0 Å². The molecule has 2 aliphatic rings. The summed E-state index contributed by atoms with van der Waals surface area (Å²) in [6.45, 7) is 6.10. The molecule has 0 saturated heterocycles. The number of carbonyl (C=O) groups excluding carboxylic acids is 1. The van der Waals surface area contributed by atoms with E-state index in [1.54, 1.807) is 0 Å². The van der Waals surface area contributed by atoms with Crippen LogP contribution >= 0.6 is 0 Å². The van der Waals surface area contributed by atoms with E-state index in [0.717, 1.165) is 12.8 Å². The van der Waals surface area contributed by atoms with Crippen LogP contribution in [0.3, 0.4) is 0 Å². The highest BCUT2D eigenvalue weighted by Crippen LogP contribution is 2.42. The van der Waals surface area contributed by atoms with Gasteiger partial charge in [0, 0.05) is 16.9 Å². The molecule has 3 nitrogen and oxygen atoms in total. The van der Waals surface area contributed by atoms with Crippen molar-refractivity contribution in [3.8, 4) is 0 Å². The normalized spacial score (nSPS) is 35.5. The molecule has 92 valence electrons. The molecule has 0 aromatic rings. The molecule has 1 amide bonds. The highest BCUT2D eigenvalue weighted by atomic mass is 16.3. The maximum Gasteiger partial charge on any atom is 0.226 e. The molecule has 0 heterocycles. The summed E-state index contributed by atoms with van der Waals surface area (Å²) >= 11 is 0. The number of hydrogen-bond acceptors (Lipinski definition) is 2. The van der Waals surface area contributed by atoms with Gasteiger partial charge in [0.15, 0.2) is 0 Å². The molecular formula is C13H23NO2. The third-order valence-corrected chi connectivity index (χ3v) is 4.78. The average molecular weight is 225 g/mol. The predicted octanol–water partition coefficient (Wildman–Crippen LogP) is 1.84. The maximum atomic E-state index is 12.2. The Morgan fingerprint density at radius 1 is 1.25 bits per heavy atom. The molecule has 2 N–H and O–H groups in total. The van der Waals surface area contributed by atoms with Gasteiger partial charge in [-0.05, 0) is 19.3 Å². The number of carbonyl (C=O) groups is 1. The van der Waals surface area contributed by atoms with Crippen molar-refractivity contribution in [2.75, 3.05) is 0 Å². The zero-order valence-corrected chi connectivity index (χ0v) is 10.5. The summed E-state index contributed by atoms with van der Waals surface area (Å²) in [6, 6.07) is 0.146. The monoisotopic (exact) mass is 225 g/mol. The Bertz CT molecular complexity index is 292. The van der Waals surface area contributed by atoms with Gasteiger partial charge in [-0.3, -0.25) is 4.79 Å². The maximum absolute atomic E-state index is 12.2. The van der Waals surface area contributed by atoms with Crippen molar-refractivity contribution in [1.82, 2.24) is 5.32 Å². The fourth-order valence-electron chi connectivity index (χ4n) is 2.86. The first-order chi connectivity index (χ1) is 7.36. The van der Waals surface area contributed by atoms with Crippen LogP contribution in [0, 0.1) is 10.8 Å². The third-order valence-electron chi connectivity index (χ3n) is 4.78. The van der Waals surface area contributed by atoms with Crippen LogP contribution in [0.1, 0.15) is 52.9 Å². The highest BCUT2D eigenvalue weighted by Gasteiger charge is 2.49. The minimum absolute atomic E-state index is 0.146. The Hall–Kier alpha value is -0.570. The molecule has 2 rings (SSSR count). The van der Waals surface area contributed by atoms with E-state index in [-0.39, 0.29) is 28.9 Å². The largest absolute Gasteiger partial charge is 0.392 e. The Labute approximate surface area is 97.6 Å². The predicted molar refractivity (Wildman–Crippen MR) is 62.9 cm³/mol. The molecule has 2 saturated carbocycles. The van der Waals surface area contributed by atoms with Crippen LogP contribution in [0.25, 0.3) is 0 Å². The van der Waals surface area contributed by atoms with Crippen LogP contribution in [0.2, 0.25) is 0 Å². The number of rotatable bonds is 2. The van der Waals surface area contributed by atoms with E-state index in [1.165, 1.54) is 12.8 Å². The van der Waals surface area contributed by atoms with Gasteiger partial charge >= 0.3 is 0 Å². The van der Waals surface area contributed by atoms with E-state index in [4.69, 9.17) is 0 Å². The smallest absolute Gasteiger partial charge is 0.226 e. The summed E-state index contributed by atoms with van der Waals surface area (Å²) < 4.78 is 0. The van der Waals surface area contributed by atoms with Gasteiger partial charge < -0.3 is 10.4 Å². The molecule has 0 spiro atoms. The third kappa shape index (κ3) is 1.75. The second-order valence-corrected chi connectivity index (χ2v) is 6.37. The van der Waals surface area contributed by atoms with Gasteiger partial charge in [-0.25, -0.2) is 0 Å². The molecule has 2 aliphatic carbocycles. The van der Waals surface area contributed by atoms with Crippen molar-refractivity contribution in [2.45, 2.75) is 65.0 Å². The molecule has 16 heavy (non-hydrogen) atoms. The zero-order chi connectivity index (χ0) is 12.0. The SMILES string of the molecule is CC1(C(=O)NC2CC(O)C2(C)C)CCCC1. The lowest BCUT2D eigenvalue weighted by molar-refractivity contribution is -0.137. The number of amides is 1. The van der Waals surface area contributed by atoms with Crippen LogP contribution in [-0.2, 0) is 4.79 Å². The Morgan fingerprint density at radius 3 is 2.25 bits per heavy atom. The number of aliphatic hydroxyl groups is 1. The van der Waals surface area contributed by atoms with Gasteiger partial charge in [-0.15, -0.1) is 0 Å². The molecule has 2 atom stereocenters. The summed E-state index contributed by atoms with van der Waals surface area (Å²) in [7, 11) is 0. The van der Waals surface area contributed by atoms with E-state index in [9.17, 15) is 9.90 Å². The lowest BCUT2D eigenvalue weighted by atomic mass is 9.64. The van der Waals surface area contributed by atoms with E-state index >= 15 is 0 Å². The molecule has 0 aromatic carbocycles. The van der Waals surface area contributed by atoms with Crippen LogP contribution < -0.4 is 5.32 Å². The van der Waals surface area contributed by atoms with Crippen LogP contribution in [-0.4, -0.2) is 23.2 Å². The van der Waals surface area contributed by atoms with Crippen LogP contribution in [0.15, 0.2) is 0 Å². The first kappa shape index (κ1) is 11.9. The Kier molecular flexibility index (Phi) is 2.77. The van der Waals surface area contributed by atoms with Gasteiger partial charge in [0.25, 0.3) is 0 Å². The molecule has 2 unspecified atom stereocenters. The van der Waals surface area contributed by atoms with Crippen molar-refractivity contribution in [1.29, 1.82) is 0 Å². The number of hydrogen-bond donors (Lipinski definition) is 2. The van der Waals surface area contributed by atoms with E-state index in [2.05, 4.69) is 12.2 Å². The van der Waals surface area contributed by atoms with Crippen molar-refractivity contribution >= 4 is 5.91 Å². The molecular weight excluding hydrogens is 202 g/mol. The zero-order valence-electron chi connectivity index (χ0n) is 10.5. The first-order valence-electron chi connectivity index (χ1n) is 6.35. The summed E-state index contributed by atoms with van der Waals surface area (Å²) in [5.74, 6) is 0.190. The van der Waals surface area contributed by atoms with Crippen molar-refractivity contribution in [3.63, 3.8) is 0 Å². The lowest BCUT2D eigenvalue weighted by Crippen LogP contribution is -2.62. The molecule has 0 bridgehead atoms. The average Bonchev–Trinajstić information content (AvgIpc) is 2.66.